The third kappa shape index (κ3) is 4.87. The summed E-state index contributed by atoms with van der Waals surface area (Å²) in [5.41, 5.74) is 1.49. The van der Waals surface area contributed by atoms with Crippen molar-refractivity contribution in [3.05, 3.63) is 58.6 Å². The predicted molar refractivity (Wildman–Crippen MR) is 98.9 cm³/mol. The van der Waals surface area contributed by atoms with Crippen LogP contribution in [-0.4, -0.2) is 40.8 Å². The monoisotopic (exact) mass is 363 g/mol. The van der Waals surface area contributed by atoms with Gasteiger partial charge in [0.15, 0.2) is 11.5 Å². The minimum Gasteiger partial charge on any atom is -0.493 e. The standard InChI is InChI=1S/C19H23ClN2O3/c1-22(2)12-16(13-8-6-5-7-9-13)21-19(23)14-10-15(20)18(25-4)17(11-14)24-3/h5-11,16H,12H2,1-4H3,(H,21,23)/p+1/t16-/m1/s1. The molecular weight excluding hydrogens is 340 g/mol. The van der Waals surface area contributed by atoms with Crippen molar-refractivity contribution in [3.8, 4) is 11.5 Å². The number of carbonyl (C=O) groups is 1. The van der Waals surface area contributed by atoms with E-state index in [1.54, 1.807) is 12.1 Å². The van der Waals surface area contributed by atoms with E-state index in [2.05, 4.69) is 19.4 Å². The number of halogens is 1. The van der Waals surface area contributed by atoms with Gasteiger partial charge in [0.2, 0.25) is 0 Å². The highest BCUT2D eigenvalue weighted by Gasteiger charge is 2.21. The number of amides is 1. The molecule has 0 spiro atoms. The van der Waals surface area contributed by atoms with E-state index < -0.39 is 0 Å². The molecule has 6 heteroatoms. The lowest BCUT2D eigenvalue weighted by Gasteiger charge is -2.21. The summed E-state index contributed by atoms with van der Waals surface area (Å²) in [6.07, 6.45) is 0. The lowest BCUT2D eigenvalue weighted by atomic mass is 10.1. The van der Waals surface area contributed by atoms with Crippen LogP contribution in [0.15, 0.2) is 42.5 Å². The Morgan fingerprint density at radius 1 is 1.16 bits per heavy atom. The van der Waals surface area contributed by atoms with Crippen LogP contribution in [0.1, 0.15) is 22.0 Å². The summed E-state index contributed by atoms with van der Waals surface area (Å²) in [7, 11) is 7.12. The van der Waals surface area contributed by atoms with E-state index in [1.807, 2.05) is 30.3 Å². The van der Waals surface area contributed by atoms with E-state index in [0.717, 1.165) is 12.1 Å². The van der Waals surface area contributed by atoms with Crippen molar-refractivity contribution >= 4 is 17.5 Å². The minimum atomic E-state index is -0.210. The molecule has 0 saturated heterocycles. The predicted octanol–water partition coefficient (Wildman–Crippen LogP) is 1.97. The van der Waals surface area contributed by atoms with Gasteiger partial charge < -0.3 is 19.7 Å². The molecule has 0 saturated carbocycles. The zero-order chi connectivity index (χ0) is 18.4. The van der Waals surface area contributed by atoms with Gasteiger partial charge in [0.1, 0.15) is 12.6 Å². The van der Waals surface area contributed by atoms with Gasteiger partial charge in [-0.2, -0.15) is 0 Å². The molecular formula is C19H24ClN2O3+. The van der Waals surface area contributed by atoms with Gasteiger partial charge in [-0.15, -0.1) is 0 Å². The normalized spacial score (nSPS) is 11.9. The molecule has 0 heterocycles. The summed E-state index contributed by atoms with van der Waals surface area (Å²) in [6, 6.07) is 13.0. The first-order valence-electron chi connectivity index (χ1n) is 8.02. The number of quaternary nitrogens is 1. The topological polar surface area (TPSA) is 52.0 Å². The van der Waals surface area contributed by atoms with Crippen LogP contribution >= 0.6 is 11.6 Å². The molecule has 0 aliphatic carbocycles. The summed E-state index contributed by atoms with van der Waals surface area (Å²) >= 11 is 6.21. The van der Waals surface area contributed by atoms with Crippen LogP contribution in [-0.2, 0) is 0 Å². The molecule has 25 heavy (non-hydrogen) atoms. The van der Waals surface area contributed by atoms with E-state index in [1.165, 1.54) is 19.1 Å². The average Bonchev–Trinajstić information content (AvgIpc) is 2.60. The molecule has 0 fully saturated rings. The molecule has 0 aliphatic heterocycles. The highest BCUT2D eigenvalue weighted by Crippen LogP contribution is 2.36. The Morgan fingerprint density at radius 2 is 1.84 bits per heavy atom. The quantitative estimate of drug-likeness (QED) is 0.790. The third-order valence-corrected chi connectivity index (χ3v) is 4.10. The second kappa shape index (κ2) is 8.74. The molecule has 2 aromatic carbocycles. The molecule has 0 aromatic heterocycles. The molecule has 0 unspecified atom stereocenters. The summed E-state index contributed by atoms with van der Waals surface area (Å²) < 4.78 is 10.5. The molecule has 0 bridgehead atoms. The van der Waals surface area contributed by atoms with Crippen LogP contribution in [0, 0.1) is 0 Å². The van der Waals surface area contributed by atoms with Gasteiger partial charge in [0.25, 0.3) is 5.91 Å². The Bertz CT molecular complexity index is 720. The first kappa shape index (κ1) is 19.1. The fraction of sp³-hybridized carbons (Fsp3) is 0.316. The third-order valence-electron chi connectivity index (χ3n) is 3.82. The largest absolute Gasteiger partial charge is 0.493 e. The average molecular weight is 364 g/mol. The Morgan fingerprint density at radius 3 is 2.40 bits per heavy atom. The van der Waals surface area contributed by atoms with Crippen molar-refractivity contribution in [2.45, 2.75) is 6.04 Å². The molecule has 134 valence electrons. The van der Waals surface area contributed by atoms with Gasteiger partial charge in [0, 0.05) is 5.56 Å². The highest BCUT2D eigenvalue weighted by atomic mass is 35.5. The molecule has 2 aromatic rings. The number of benzene rings is 2. The first-order valence-corrected chi connectivity index (χ1v) is 8.40. The van der Waals surface area contributed by atoms with Crippen LogP contribution in [0.4, 0.5) is 0 Å². The van der Waals surface area contributed by atoms with E-state index in [9.17, 15) is 4.79 Å². The Labute approximate surface area is 153 Å². The van der Waals surface area contributed by atoms with Crippen LogP contribution in [0.5, 0.6) is 11.5 Å². The molecule has 2 N–H and O–H groups in total. The zero-order valence-electron chi connectivity index (χ0n) is 14.9. The number of likely N-dealkylation sites (N-methyl/N-ethyl adjacent to an activating group) is 1. The smallest absolute Gasteiger partial charge is 0.252 e. The number of rotatable bonds is 7. The maximum atomic E-state index is 12.8. The van der Waals surface area contributed by atoms with E-state index in [0.29, 0.717) is 22.1 Å². The molecule has 5 nitrogen and oxygen atoms in total. The summed E-state index contributed by atoms with van der Waals surface area (Å²) in [6.45, 7) is 0.761. The number of ether oxygens (including phenoxy) is 2. The van der Waals surface area contributed by atoms with Crippen LogP contribution in [0.2, 0.25) is 5.02 Å². The van der Waals surface area contributed by atoms with Crippen molar-refractivity contribution in [2.24, 2.45) is 0 Å². The minimum absolute atomic E-state index is 0.106. The maximum Gasteiger partial charge on any atom is 0.252 e. The molecule has 0 radical (unpaired) electrons. The Kier molecular flexibility index (Phi) is 6.67. The number of hydrogen-bond acceptors (Lipinski definition) is 3. The van der Waals surface area contributed by atoms with Crippen LogP contribution < -0.4 is 19.7 Å². The maximum absolute atomic E-state index is 12.8. The SMILES string of the molecule is COc1cc(C(=O)N[C@H](C[NH+](C)C)c2ccccc2)cc(Cl)c1OC. The molecule has 1 atom stereocenters. The molecule has 0 aliphatic rings. The van der Waals surface area contributed by atoms with Gasteiger partial charge >= 0.3 is 0 Å². The van der Waals surface area contributed by atoms with Crippen molar-refractivity contribution in [1.82, 2.24) is 5.32 Å². The van der Waals surface area contributed by atoms with Crippen LogP contribution in [0.3, 0.4) is 0 Å². The number of nitrogens with one attached hydrogen (secondary N) is 2. The fourth-order valence-corrected chi connectivity index (χ4v) is 2.92. The van der Waals surface area contributed by atoms with Gasteiger partial charge in [-0.1, -0.05) is 41.9 Å². The summed E-state index contributed by atoms with van der Waals surface area (Å²) in [5.74, 6) is 0.630. The number of methoxy groups -OCH3 is 2. The van der Waals surface area contributed by atoms with Gasteiger partial charge in [-0.3, -0.25) is 4.79 Å². The van der Waals surface area contributed by atoms with Crippen LogP contribution in [0.25, 0.3) is 0 Å². The molecule has 2 rings (SSSR count). The van der Waals surface area contributed by atoms with Crippen molar-refractivity contribution in [1.29, 1.82) is 0 Å². The van der Waals surface area contributed by atoms with Gasteiger partial charge in [-0.05, 0) is 17.7 Å². The summed E-state index contributed by atoms with van der Waals surface area (Å²) in [4.78, 5) is 14.0. The second-order valence-corrected chi connectivity index (χ2v) is 6.45. The van der Waals surface area contributed by atoms with E-state index in [-0.39, 0.29) is 11.9 Å². The Hall–Kier alpha value is -2.24. The number of carbonyl (C=O) groups excluding carboxylic acids is 1. The second-order valence-electron chi connectivity index (χ2n) is 6.04. The zero-order valence-corrected chi connectivity index (χ0v) is 15.7. The van der Waals surface area contributed by atoms with Crippen molar-refractivity contribution in [3.63, 3.8) is 0 Å². The number of hydrogen-bond donors (Lipinski definition) is 2. The van der Waals surface area contributed by atoms with E-state index >= 15 is 0 Å². The lowest BCUT2D eigenvalue weighted by molar-refractivity contribution is -0.860. The van der Waals surface area contributed by atoms with Gasteiger partial charge in [0.05, 0.1) is 33.3 Å². The first-order chi connectivity index (χ1) is 12.0. The fourth-order valence-electron chi connectivity index (χ4n) is 2.64. The van der Waals surface area contributed by atoms with Gasteiger partial charge in [-0.25, -0.2) is 0 Å². The van der Waals surface area contributed by atoms with E-state index in [4.69, 9.17) is 21.1 Å². The van der Waals surface area contributed by atoms with Crippen molar-refractivity contribution in [2.75, 3.05) is 34.9 Å². The lowest BCUT2D eigenvalue weighted by Crippen LogP contribution is -3.06. The summed E-state index contributed by atoms with van der Waals surface area (Å²) in [5, 5.41) is 3.42. The highest BCUT2D eigenvalue weighted by molar-refractivity contribution is 6.32. The van der Waals surface area contributed by atoms with Crippen molar-refractivity contribution < 1.29 is 19.2 Å². The molecule has 1 amide bonds. The Balaban J connectivity index is 2.28.